The lowest BCUT2D eigenvalue weighted by molar-refractivity contribution is -0.278. The molecule has 8 N–H and O–H groups in total. The van der Waals surface area contributed by atoms with Crippen molar-refractivity contribution in [3.05, 3.63) is 34.7 Å². The fraction of sp³-hybridized carbons (Fsp3) is 0.500. The minimum absolute atomic E-state index is 0.0769. The molecule has 3 aromatic rings. The van der Waals surface area contributed by atoms with Crippen molar-refractivity contribution in [2.45, 2.75) is 61.4 Å². The second-order valence-electron chi connectivity index (χ2n) is 10.1. The average molecular weight is 596 g/mol. The summed E-state index contributed by atoms with van der Waals surface area (Å²) in [6.07, 6.45) is -16.2. The number of rotatable bonds is 6. The summed E-state index contributed by atoms with van der Waals surface area (Å²) in [5, 5.41) is 81.3. The molecule has 0 bridgehead atoms. The van der Waals surface area contributed by atoms with Gasteiger partial charge in [-0.3, -0.25) is 0 Å². The fourth-order valence-electron chi connectivity index (χ4n) is 5.13. The first-order valence-electron chi connectivity index (χ1n) is 12.9. The van der Waals surface area contributed by atoms with Gasteiger partial charge in [0, 0.05) is 17.5 Å². The van der Waals surface area contributed by atoms with Crippen molar-refractivity contribution in [1.29, 1.82) is 0 Å². The van der Waals surface area contributed by atoms with Gasteiger partial charge in [0.2, 0.25) is 19.4 Å². The number of hydrogen-bond acceptors (Lipinski definition) is 16. The van der Waals surface area contributed by atoms with Crippen LogP contribution in [0, 0.1) is 0 Å². The van der Waals surface area contributed by atoms with Crippen LogP contribution in [0.1, 0.15) is 0 Å². The maximum Gasteiger partial charge on any atom is 0.344 e. The van der Waals surface area contributed by atoms with Gasteiger partial charge in [-0.05, 0) is 12.1 Å². The Hall–Kier alpha value is -3.29. The van der Waals surface area contributed by atoms with Crippen molar-refractivity contribution in [3.8, 4) is 23.0 Å². The average Bonchev–Trinajstić information content (AvgIpc) is 3.44. The van der Waals surface area contributed by atoms with Gasteiger partial charge in [0.25, 0.3) is 0 Å². The number of benzene rings is 2. The maximum absolute atomic E-state index is 13.0. The fourth-order valence-corrected chi connectivity index (χ4v) is 5.13. The van der Waals surface area contributed by atoms with Crippen LogP contribution >= 0.6 is 0 Å². The van der Waals surface area contributed by atoms with E-state index in [1.165, 1.54) is 24.3 Å². The molecule has 228 valence electrons. The number of ether oxygens (including phenoxy) is 6. The van der Waals surface area contributed by atoms with Gasteiger partial charge in [0.05, 0.1) is 24.0 Å². The summed E-state index contributed by atoms with van der Waals surface area (Å²) in [6.45, 7) is -1.50. The highest BCUT2D eigenvalue weighted by molar-refractivity contribution is 6.09. The molecule has 10 atom stereocenters. The molecule has 0 saturated carbocycles. The van der Waals surface area contributed by atoms with E-state index in [0.717, 1.165) is 0 Å². The summed E-state index contributed by atoms with van der Waals surface area (Å²) < 4.78 is 38.9. The Morgan fingerprint density at radius 2 is 1.24 bits per heavy atom. The van der Waals surface area contributed by atoms with Gasteiger partial charge >= 0.3 is 5.63 Å². The quantitative estimate of drug-likeness (QED) is 0.105. The summed E-state index contributed by atoms with van der Waals surface area (Å²) in [4.78, 5) is 13.0. The van der Waals surface area contributed by atoms with Gasteiger partial charge < -0.3 is 73.7 Å². The van der Waals surface area contributed by atoms with Gasteiger partial charge in [-0.2, -0.15) is 0 Å². The van der Waals surface area contributed by atoms with Crippen LogP contribution in [0.5, 0.6) is 23.0 Å². The van der Waals surface area contributed by atoms with Crippen molar-refractivity contribution >= 4 is 21.7 Å². The van der Waals surface area contributed by atoms with Gasteiger partial charge in [0.1, 0.15) is 65.9 Å². The minimum atomic E-state index is -1.80. The molecule has 2 fully saturated rings. The smallest absolute Gasteiger partial charge is 0.344 e. The lowest BCUT2D eigenvalue weighted by Gasteiger charge is -2.40. The van der Waals surface area contributed by atoms with E-state index in [2.05, 4.69) is 0 Å². The largest absolute Gasteiger partial charge is 0.462 e. The second-order valence-corrected chi connectivity index (χ2v) is 10.1. The highest BCUT2D eigenvalue weighted by atomic mass is 16.7. The van der Waals surface area contributed by atoms with Gasteiger partial charge in [-0.1, -0.05) is 0 Å². The predicted molar refractivity (Wildman–Crippen MR) is 135 cm³/mol. The third-order valence-electron chi connectivity index (χ3n) is 7.44. The summed E-state index contributed by atoms with van der Waals surface area (Å²) in [7, 11) is 0. The Morgan fingerprint density at radius 1 is 0.690 bits per heavy atom. The first-order valence-corrected chi connectivity index (χ1v) is 12.9. The molecule has 3 aliphatic rings. The Kier molecular flexibility index (Phi) is 7.60. The van der Waals surface area contributed by atoms with Crippen molar-refractivity contribution in [1.82, 2.24) is 0 Å². The van der Waals surface area contributed by atoms with Crippen LogP contribution in [-0.4, -0.2) is 122 Å². The molecular formula is C26H28O16. The van der Waals surface area contributed by atoms with E-state index < -0.39 is 80.3 Å². The molecule has 2 aromatic carbocycles. The van der Waals surface area contributed by atoms with E-state index in [9.17, 15) is 45.6 Å². The lowest BCUT2D eigenvalue weighted by atomic mass is 9.99. The van der Waals surface area contributed by atoms with Crippen LogP contribution in [0.25, 0.3) is 21.7 Å². The van der Waals surface area contributed by atoms with E-state index in [-0.39, 0.29) is 40.0 Å². The zero-order valence-corrected chi connectivity index (χ0v) is 21.5. The van der Waals surface area contributed by atoms with Crippen LogP contribution in [-0.2, 0) is 9.47 Å². The Balaban J connectivity index is 1.47. The number of aliphatic hydroxyl groups excluding tert-OH is 8. The third-order valence-corrected chi connectivity index (χ3v) is 7.44. The van der Waals surface area contributed by atoms with Crippen molar-refractivity contribution in [2.24, 2.45) is 0 Å². The summed E-state index contributed by atoms with van der Waals surface area (Å²) >= 11 is 0. The van der Waals surface area contributed by atoms with Crippen LogP contribution in [0.2, 0.25) is 0 Å². The van der Waals surface area contributed by atoms with Crippen molar-refractivity contribution < 1.29 is 73.7 Å². The van der Waals surface area contributed by atoms with E-state index in [4.69, 9.17) is 32.8 Å². The molecule has 0 radical (unpaired) electrons. The van der Waals surface area contributed by atoms with Gasteiger partial charge in [-0.25, -0.2) is 4.79 Å². The maximum atomic E-state index is 13.0. The van der Waals surface area contributed by atoms with Crippen molar-refractivity contribution in [3.63, 3.8) is 0 Å². The monoisotopic (exact) mass is 596 g/mol. The predicted octanol–water partition coefficient (Wildman–Crippen LogP) is -2.97. The normalized spacial score (nSPS) is 34.6. The summed E-state index contributed by atoms with van der Waals surface area (Å²) in [5.41, 5.74) is -0.896. The topological polar surface area (TPSA) is 247 Å². The first-order chi connectivity index (χ1) is 20.1. The number of hydrogen-bond donors (Lipinski definition) is 8. The highest BCUT2D eigenvalue weighted by Gasteiger charge is 2.46. The summed E-state index contributed by atoms with van der Waals surface area (Å²) in [6, 6.07) is 5.42. The van der Waals surface area contributed by atoms with Crippen LogP contribution < -0.4 is 24.6 Å². The molecule has 16 heteroatoms. The zero-order valence-electron chi connectivity index (χ0n) is 21.5. The zero-order chi connectivity index (χ0) is 29.9. The van der Waals surface area contributed by atoms with Gasteiger partial charge in [0.15, 0.2) is 11.5 Å². The Labute approximate surface area is 235 Å². The number of fused-ring (bicyclic) bond motifs is 4. The molecule has 3 aliphatic heterocycles. The SMILES string of the molecule is O=c1oc2cc(O[C@@H]3O[C@H](CO)[C@@H](O)[C@H](O)[C@H]3O)cc(O[C@@H]3O[C@H](CO)[C@@H](O)[C@H](O)[C@H]3O)c2c2cc3c(cc12)OCO3. The Morgan fingerprint density at radius 3 is 1.81 bits per heavy atom. The van der Waals surface area contributed by atoms with Crippen LogP contribution in [0.3, 0.4) is 0 Å². The van der Waals surface area contributed by atoms with E-state index in [1.54, 1.807) is 0 Å². The molecule has 0 spiro atoms. The standard InChI is InChI=1S/C26H28O16/c27-5-15-18(29)20(31)22(33)25(41-15)38-8-1-13-17(9-3-11-12(37-7-36-11)4-10(9)24(35)39-13)14(2-8)40-26-23(34)21(32)19(30)16(6-28)42-26/h1-4,15-16,18-23,25-34H,5-7H2/t15-,16-,18-,19-,20+,21+,22-,23-,25-,26-/m1/s1. The molecule has 0 amide bonds. The highest BCUT2D eigenvalue weighted by Crippen LogP contribution is 2.42. The summed E-state index contributed by atoms with van der Waals surface area (Å²) in [5.74, 6) is 0.307. The second kappa shape index (κ2) is 11.1. The molecule has 42 heavy (non-hydrogen) atoms. The molecule has 4 heterocycles. The first kappa shape index (κ1) is 28.8. The van der Waals surface area contributed by atoms with Gasteiger partial charge in [-0.15, -0.1) is 0 Å². The van der Waals surface area contributed by atoms with E-state index in [1.807, 2.05) is 0 Å². The third kappa shape index (κ3) is 4.80. The number of aliphatic hydroxyl groups is 8. The molecule has 0 aliphatic carbocycles. The minimum Gasteiger partial charge on any atom is -0.462 e. The van der Waals surface area contributed by atoms with E-state index in [0.29, 0.717) is 11.5 Å². The lowest BCUT2D eigenvalue weighted by Crippen LogP contribution is -2.60. The Bertz CT molecular complexity index is 1520. The molecule has 1 aromatic heterocycles. The molecule has 6 rings (SSSR count). The molecule has 2 saturated heterocycles. The molecule has 16 nitrogen and oxygen atoms in total. The molecular weight excluding hydrogens is 568 g/mol. The van der Waals surface area contributed by atoms with E-state index >= 15 is 0 Å². The van der Waals surface area contributed by atoms with Crippen molar-refractivity contribution in [2.75, 3.05) is 20.0 Å². The molecule has 0 unspecified atom stereocenters. The van der Waals surface area contributed by atoms with Crippen LogP contribution in [0.15, 0.2) is 33.5 Å². The van der Waals surface area contributed by atoms with Crippen LogP contribution in [0.4, 0.5) is 0 Å².